The highest BCUT2D eigenvalue weighted by Gasteiger charge is 2.19. The first-order valence-corrected chi connectivity index (χ1v) is 4.06. The number of halogens is 2. The first-order chi connectivity index (χ1) is 6.97. The molecule has 1 aromatic rings. The summed E-state index contributed by atoms with van der Waals surface area (Å²) in [6, 6.07) is 0.175. The van der Waals surface area contributed by atoms with Crippen molar-refractivity contribution in [1.82, 2.24) is 0 Å². The zero-order valence-corrected chi connectivity index (χ0v) is 7.58. The van der Waals surface area contributed by atoms with Gasteiger partial charge in [0.1, 0.15) is 0 Å². The second-order valence-corrected chi connectivity index (χ2v) is 2.95. The van der Waals surface area contributed by atoms with Crippen molar-refractivity contribution in [3.05, 3.63) is 34.9 Å². The molecular formula is C9H9F2NO3. The number of aliphatic hydroxyl groups excluding tert-OH is 1. The van der Waals surface area contributed by atoms with E-state index in [2.05, 4.69) is 0 Å². The first-order valence-electron chi connectivity index (χ1n) is 4.06. The number of rotatable bonds is 3. The van der Waals surface area contributed by atoms with Crippen LogP contribution in [0.2, 0.25) is 0 Å². The summed E-state index contributed by atoms with van der Waals surface area (Å²) >= 11 is 0. The molecule has 15 heavy (non-hydrogen) atoms. The van der Waals surface area contributed by atoms with Crippen LogP contribution < -0.4 is 5.73 Å². The fourth-order valence-corrected chi connectivity index (χ4v) is 1.15. The molecule has 0 fully saturated rings. The van der Waals surface area contributed by atoms with Crippen LogP contribution in [0, 0.1) is 11.6 Å². The molecule has 0 saturated heterocycles. The van der Waals surface area contributed by atoms with E-state index in [9.17, 15) is 13.6 Å². The van der Waals surface area contributed by atoms with Crippen molar-refractivity contribution in [1.29, 1.82) is 0 Å². The van der Waals surface area contributed by atoms with Gasteiger partial charge in [-0.1, -0.05) is 0 Å². The Morgan fingerprint density at radius 3 is 2.40 bits per heavy atom. The van der Waals surface area contributed by atoms with E-state index in [1.807, 2.05) is 0 Å². The molecule has 0 radical (unpaired) electrons. The summed E-state index contributed by atoms with van der Waals surface area (Å²) < 4.78 is 25.6. The van der Waals surface area contributed by atoms with Gasteiger partial charge in [0.2, 0.25) is 0 Å². The largest absolute Gasteiger partial charge is 0.478 e. The average molecular weight is 217 g/mol. The molecule has 0 aliphatic carbocycles. The van der Waals surface area contributed by atoms with Gasteiger partial charge in [0.15, 0.2) is 11.6 Å². The van der Waals surface area contributed by atoms with Crippen LogP contribution in [0.3, 0.4) is 0 Å². The van der Waals surface area contributed by atoms with E-state index in [-0.39, 0.29) is 5.56 Å². The van der Waals surface area contributed by atoms with Gasteiger partial charge in [-0.05, 0) is 17.7 Å². The normalized spacial score (nSPS) is 12.5. The van der Waals surface area contributed by atoms with Crippen molar-refractivity contribution in [3.8, 4) is 0 Å². The van der Waals surface area contributed by atoms with E-state index in [0.717, 1.165) is 0 Å². The Kier molecular flexibility index (Phi) is 3.33. The summed E-state index contributed by atoms with van der Waals surface area (Å²) in [5.41, 5.74) is 4.77. The van der Waals surface area contributed by atoms with Crippen molar-refractivity contribution in [2.75, 3.05) is 6.61 Å². The Morgan fingerprint density at radius 1 is 1.40 bits per heavy atom. The van der Waals surface area contributed by atoms with Crippen LogP contribution in [0.25, 0.3) is 0 Å². The molecule has 4 nitrogen and oxygen atoms in total. The lowest BCUT2D eigenvalue weighted by Gasteiger charge is -2.12. The van der Waals surface area contributed by atoms with Crippen LogP contribution in [0.15, 0.2) is 12.1 Å². The highest BCUT2D eigenvalue weighted by atomic mass is 19.2. The van der Waals surface area contributed by atoms with Crippen LogP contribution in [-0.2, 0) is 0 Å². The predicted octanol–water partition coefficient (Wildman–Crippen LogP) is 0.655. The number of nitrogens with two attached hydrogens (primary N) is 1. The second-order valence-electron chi connectivity index (χ2n) is 2.95. The van der Waals surface area contributed by atoms with E-state index in [4.69, 9.17) is 15.9 Å². The first kappa shape index (κ1) is 11.5. The fraction of sp³-hybridized carbons (Fsp3) is 0.222. The molecule has 1 atom stereocenters. The average Bonchev–Trinajstić information content (AvgIpc) is 2.20. The molecule has 0 aliphatic rings. The Bertz CT molecular complexity index is 395. The SMILES string of the molecule is N[C@H](CO)c1cc(F)c(F)cc1C(=O)O. The van der Waals surface area contributed by atoms with E-state index in [0.29, 0.717) is 12.1 Å². The van der Waals surface area contributed by atoms with Crippen molar-refractivity contribution >= 4 is 5.97 Å². The minimum Gasteiger partial charge on any atom is -0.478 e. The molecule has 0 aliphatic heterocycles. The third-order valence-electron chi connectivity index (χ3n) is 1.92. The van der Waals surface area contributed by atoms with E-state index in [1.54, 1.807) is 0 Å². The van der Waals surface area contributed by atoms with Gasteiger partial charge in [0.25, 0.3) is 0 Å². The number of hydrogen-bond acceptors (Lipinski definition) is 3. The summed E-state index contributed by atoms with van der Waals surface area (Å²) in [5.74, 6) is -3.88. The highest BCUT2D eigenvalue weighted by Crippen LogP contribution is 2.20. The third-order valence-corrected chi connectivity index (χ3v) is 1.92. The number of carboxylic acids is 1. The number of carboxylic acid groups (broad SMARTS) is 1. The topological polar surface area (TPSA) is 83.5 Å². The molecular weight excluding hydrogens is 208 g/mol. The number of hydrogen-bond donors (Lipinski definition) is 3. The molecule has 0 bridgehead atoms. The maximum Gasteiger partial charge on any atom is 0.336 e. The van der Waals surface area contributed by atoms with Crippen molar-refractivity contribution in [2.24, 2.45) is 5.73 Å². The monoisotopic (exact) mass is 217 g/mol. The molecule has 82 valence electrons. The van der Waals surface area contributed by atoms with Crippen molar-refractivity contribution < 1.29 is 23.8 Å². The molecule has 0 unspecified atom stereocenters. The van der Waals surface area contributed by atoms with Crippen LogP contribution in [0.4, 0.5) is 8.78 Å². The van der Waals surface area contributed by atoms with Crippen molar-refractivity contribution in [3.63, 3.8) is 0 Å². The second kappa shape index (κ2) is 4.33. The Balaban J connectivity index is 3.34. The molecule has 6 heteroatoms. The van der Waals surface area contributed by atoms with E-state index in [1.165, 1.54) is 0 Å². The fourth-order valence-electron chi connectivity index (χ4n) is 1.15. The number of carbonyl (C=O) groups is 1. The molecule has 0 spiro atoms. The molecule has 0 amide bonds. The summed E-state index contributed by atoms with van der Waals surface area (Å²) in [6.07, 6.45) is 0. The zero-order valence-electron chi connectivity index (χ0n) is 7.58. The summed E-state index contributed by atoms with van der Waals surface area (Å²) in [7, 11) is 0. The number of aliphatic hydroxyl groups is 1. The summed E-state index contributed by atoms with van der Waals surface area (Å²) in [5, 5.41) is 17.4. The molecule has 0 aromatic heterocycles. The molecule has 4 N–H and O–H groups in total. The van der Waals surface area contributed by atoms with Gasteiger partial charge in [-0.25, -0.2) is 13.6 Å². The summed E-state index contributed by atoms with van der Waals surface area (Å²) in [4.78, 5) is 10.7. The third kappa shape index (κ3) is 2.28. The lowest BCUT2D eigenvalue weighted by molar-refractivity contribution is 0.0694. The minimum absolute atomic E-state index is 0.135. The molecule has 1 aromatic carbocycles. The Labute approximate surface area is 83.9 Å². The molecule has 1 rings (SSSR count). The lowest BCUT2D eigenvalue weighted by Crippen LogP contribution is -2.19. The standard InChI is InChI=1S/C9H9F2NO3/c10-6-1-4(8(12)3-13)5(9(14)15)2-7(6)11/h1-2,8,13H,3,12H2,(H,14,15)/t8-/m1/s1. The van der Waals surface area contributed by atoms with Gasteiger partial charge < -0.3 is 15.9 Å². The maximum absolute atomic E-state index is 12.8. The van der Waals surface area contributed by atoms with Crippen LogP contribution in [0.1, 0.15) is 22.0 Å². The van der Waals surface area contributed by atoms with E-state index >= 15 is 0 Å². The van der Waals surface area contributed by atoms with Crippen molar-refractivity contribution in [2.45, 2.75) is 6.04 Å². The molecule has 0 heterocycles. The van der Waals surface area contributed by atoms with Gasteiger partial charge in [0.05, 0.1) is 18.2 Å². The van der Waals surface area contributed by atoms with E-state index < -0.39 is 35.8 Å². The number of benzene rings is 1. The highest BCUT2D eigenvalue weighted by molar-refractivity contribution is 5.89. The van der Waals surface area contributed by atoms with Crippen LogP contribution >= 0.6 is 0 Å². The Morgan fingerprint density at radius 2 is 1.93 bits per heavy atom. The lowest BCUT2D eigenvalue weighted by atomic mass is 10.0. The van der Waals surface area contributed by atoms with Crippen LogP contribution in [-0.4, -0.2) is 22.8 Å². The smallest absolute Gasteiger partial charge is 0.336 e. The Hall–Kier alpha value is -1.53. The number of aromatic carboxylic acids is 1. The van der Waals surface area contributed by atoms with Gasteiger partial charge in [-0.2, -0.15) is 0 Å². The quantitative estimate of drug-likeness (QED) is 0.694. The zero-order chi connectivity index (χ0) is 11.6. The minimum atomic E-state index is -1.42. The van der Waals surface area contributed by atoms with Gasteiger partial charge in [0, 0.05) is 0 Å². The molecule has 0 saturated carbocycles. The van der Waals surface area contributed by atoms with Crippen LogP contribution in [0.5, 0.6) is 0 Å². The summed E-state index contributed by atoms with van der Waals surface area (Å²) in [6.45, 7) is -0.550. The van der Waals surface area contributed by atoms with Gasteiger partial charge in [-0.3, -0.25) is 0 Å². The van der Waals surface area contributed by atoms with Gasteiger partial charge >= 0.3 is 5.97 Å². The van der Waals surface area contributed by atoms with Gasteiger partial charge in [-0.15, -0.1) is 0 Å². The maximum atomic E-state index is 12.8. The predicted molar refractivity (Wildman–Crippen MR) is 47.3 cm³/mol.